The lowest BCUT2D eigenvalue weighted by atomic mass is 9.73. The fourth-order valence-corrected chi connectivity index (χ4v) is 8.04. The number of phenols is 1. The summed E-state index contributed by atoms with van der Waals surface area (Å²) in [4.78, 5) is 45.7. The lowest BCUT2D eigenvalue weighted by Crippen LogP contribution is -2.66. The normalized spacial score (nSPS) is 20.6. The van der Waals surface area contributed by atoms with Gasteiger partial charge in [0.2, 0.25) is 5.56 Å². The van der Waals surface area contributed by atoms with E-state index >= 15 is 0 Å². The molecule has 9 rings (SSSR count). The third-order valence-electron chi connectivity index (χ3n) is 11.2. The van der Waals surface area contributed by atoms with Crippen molar-refractivity contribution in [1.82, 2.24) is 20.1 Å². The van der Waals surface area contributed by atoms with Crippen LogP contribution in [0.3, 0.4) is 0 Å². The second-order valence-electron chi connectivity index (χ2n) is 14.8. The van der Waals surface area contributed by atoms with E-state index in [9.17, 15) is 24.6 Å². The SMILES string of the molecule is O=C(c1ccc(OCc2ccc(CNC[C@H](O)c3ccc(O)c4[nH]c(=O)ccc34)cc2)cc1)N1CC(C(=O)O[C@@H]2CN3CCC2CC3)(c2ccccc2)C1. The highest BCUT2D eigenvalue weighted by Crippen LogP contribution is 2.39. The van der Waals surface area contributed by atoms with Gasteiger partial charge in [0.15, 0.2) is 0 Å². The third-order valence-corrected chi connectivity index (χ3v) is 11.2. The van der Waals surface area contributed by atoms with E-state index in [0.29, 0.717) is 46.8 Å². The number of nitrogens with zero attached hydrogens (tertiary/aromatic N) is 2. The Hall–Kier alpha value is -5.49. The number of phenolic OH excluding ortho intramolecular Hbond substituents is 1. The lowest BCUT2D eigenvalue weighted by molar-refractivity contribution is -0.171. The van der Waals surface area contributed by atoms with E-state index in [2.05, 4.69) is 15.2 Å². The molecule has 5 aromatic rings. The van der Waals surface area contributed by atoms with Gasteiger partial charge in [-0.15, -0.1) is 0 Å². The molecule has 4 aromatic carbocycles. The van der Waals surface area contributed by atoms with Gasteiger partial charge >= 0.3 is 5.97 Å². The first-order valence-corrected chi connectivity index (χ1v) is 18.6. The van der Waals surface area contributed by atoms with Gasteiger partial charge in [0.05, 0.1) is 11.6 Å². The maximum atomic E-state index is 13.8. The van der Waals surface area contributed by atoms with Crippen molar-refractivity contribution in [3.63, 3.8) is 0 Å². The molecule has 2 atom stereocenters. The van der Waals surface area contributed by atoms with Crippen LogP contribution in [-0.4, -0.2) is 82.2 Å². The van der Waals surface area contributed by atoms with Crippen LogP contribution in [0.5, 0.6) is 11.5 Å². The second-order valence-corrected chi connectivity index (χ2v) is 14.8. The molecule has 54 heavy (non-hydrogen) atoms. The van der Waals surface area contributed by atoms with E-state index in [4.69, 9.17) is 9.47 Å². The third kappa shape index (κ3) is 7.22. The molecule has 1 amide bonds. The molecule has 4 saturated heterocycles. The number of aliphatic hydroxyl groups excluding tert-OH is 1. The Morgan fingerprint density at radius 2 is 1.61 bits per heavy atom. The summed E-state index contributed by atoms with van der Waals surface area (Å²) < 4.78 is 12.2. The van der Waals surface area contributed by atoms with E-state index in [0.717, 1.165) is 49.2 Å². The maximum Gasteiger partial charge on any atom is 0.320 e. The molecule has 11 heteroatoms. The van der Waals surface area contributed by atoms with Crippen molar-refractivity contribution in [3.05, 3.63) is 141 Å². The topological polar surface area (TPSA) is 144 Å². The zero-order valence-corrected chi connectivity index (χ0v) is 29.9. The molecule has 0 saturated carbocycles. The van der Waals surface area contributed by atoms with Crippen LogP contribution in [0.25, 0.3) is 10.9 Å². The molecule has 4 N–H and O–H groups in total. The van der Waals surface area contributed by atoms with Gasteiger partial charge in [0, 0.05) is 49.7 Å². The van der Waals surface area contributed by atoms with Crippen molar-refractivity contribution < 1.29 is 29.3 Å². The second kappa shape index (κ2) is 15.1. The molecular formula is C43H44N4O7. The number of hydrogen-bond donors (Lipinski definition) is 4. The molecule has 11 nitrogen and oxygen atoms in total. The first kappa shape index (κ1) is 35.5. The largest absolute Gasteiger partial charge is 0.506 e. The minimum Gasteiger partial charge on any atom is -0.506 e. The predicted molar refractivity (Wildman–Crippen MR) is 203 cm³/mol. The van der Waals surface area contributed by atoms with Crippen molar-refractivity contribution in [3.8, 4) is 11.5 Å². The summed E-state index contributed by atoms with van der Waals surface area (Å²) in [6.45, 7) is 4.65. The number of rotatable bonds is 12. The van der Waals surface area contributed by atoms with Gasteiger partial charge in [-0.05, 0) is 90.5 Å². The van der Waals surface area contributed by atoms with Gasteiger partial charge in [-0.2, -0.15) is 0 Å². The number of H-pyrrole nitrogens is 1. The standard InChI is InChI=1S/C43H44N4O7/c48-36-16-14-34(35-15-17-39(50)45-40(35)36)37(49)23-44-22-28-6-8-29(9-7-28)25-53-33-12-10-31(11-13-33)41(51)47-26-43(27-47,32-4-2-1-3-5-32)42(52)54-38-24-46-20-18-30(38)19-21-46/h1-17,30,37-38,44,48-49H,18-27H2,(H,45,50)/t37-,38+/m0/s1. The molecule has 278 valence electrons. The zero-order chi connectivity index (χ0) is 37.2. The highest BCUT2D eigenvalue weighted by molar-refractivity contribution is 5.98. The van der Waals surface area contributed by atoms with Crippen LogP contribution in [0.2, 0.25) is 0 Å². The summed E-state index contributed by atoms with van der Waals surface area (Å²) in [5.41, 5.74) is 3.14. The van der Waals surface area contributed by atoms with Crippen LogP contribution in [0.1, 0.15) is 51.6 Å². The number of aromatic nitrogens is 1. The maximum absolute atomic E-state index is 13.8. The number of aliphatic hydroxyl groups is 1. The average molecular weight is 729 g/mol. The monoisotopic (exact) mass is 728 g/mol. The summed E-state index contributed by atoms with van der Waals surface area (Å²) in [5.74, 6) is 0.642. The molecule has 4 fully saturated rings. The van der Waals surface area contributed by atoms with E-state index in [1.54, 1.807) is 41.3 Å². The summed E-state index contributed by atoms with van der Waals surface area (Å²) >= 11 is 0. The molecular weight excluding hydrogens is 684 g/mol. The summed E-state index contributed by atoms with van der Waals surface area (Å²) in [5, 5.41) is 24.8. The number of carbonyl (C=O) groups is 2. The number of benzene rings is 4. The van der Waals surface area contributed by atoms with Crippen LogP contribution < -0.4 is 15.6 Å². The molecule has 0 aliphatic carbocycles. The van der Waals surface area contributed by atoms with Crippen molar-refractivity contribution in [2.24, 2.45) is 5.92 Å². The smallest absolute Gasteiger partial charge is 0.320 e. The number of aromatic amines is 1. The number of carbonyl (C=O) groups excluding carboxylic acids is 2. The Kier molecular flexibility index (Phi) is 9.93. The number of pyridine rings is 1. The van der Waals surface area contributed by atoms with Crippen molar-refractivity contribution in [2.75, 3.05) is 39.3 Å². The Labute approximate surface area is 313 Å². The van der Waals surface area contributed by atoms with E-state index in [1.807, 2.05) is 54.6 Å². The summed E-state index contributed by atoms with van der Waals surface area (Å²) in [7, 11) is 0. The van der Waals surface area contributed by atoms with Crippen LogP contribution in [0, 0.1) is 5.92 Å². The lowest BCUT2D eigenvalue weighted by Gasteiger charge is -2.50. The fraction of sp³-hybridized carbons (Fsp3) is 0.326. The molecule has 2 bridgehead atoms. The number of likely N-dealkylation sites (tertiary alicyclic amines) is 1. The minimum absolute atomic E-state index is 0.0454. The highest BCUT2D eigenvalue weighted by Gasteiger charge is 2.54. The van der Waals surface area contributed by atoms with E-state index < -0.39 is 11.5 Å². The van der Waals surface area contributed by atoms with Gasteiger partial charge in [-0.1, -0.05) is 60.7 Å². The Balaban J connectivity index is 0.820. The summed E-state index contributed by atoms with van der Waals surface area (Å²) in [6, 6.07) is 30.8. The number of esters is 1. The predicted octanol–water partition coefficient (Wildman–Crippen LogP) is 4.67. The number of nitrogens with one attached hydrogen (secondary N) is 2. The number of amides is 1. The van der Waals surface area contributed by atoms with Crippen molar-refractivity contribution >= 4 is 22.8 Å². The number of ether oxygens (including phenoxy) is 2. The quantitative estimate of drug-likeness (QED) is 0.135. The molecule has 4 aliphatic heterocycles. The molecule has 1 aromatic heterocycles. The molecule has 0 radical (unpaired) electrons. The van der Waals surface area contributed by atoms with E-state index in [1.165, 1.54) is 12.1 Å². The average Bonchev–Trinajstić information content (AvgIpc) is 3.18. The van der Waals surface area contributed by atoms with Gasteiger partial charge in [-0.25, -0.2) is 0 Å². The van der Waals surface area contributed by atoms with Gasteiger partial charge < -0.3 is 34.9 Å². The van der Waals surface area contributed by atoms with Gasteiger partial charge in [0.25, 0.3) is 5.91 Å². The van der Waals surface area contributed by atoms with Crippen molar-refractivity contribution in [1.29, 1.82) is 0 Å². The first-order valence-electron chi connectivity index (χ1n) is 18.6. The zero-order valence-electron chi connectivity index (χ0n) is 29.9. The first-order chi connectivity index (χ1) is 26.3. The Morgan fingerprint density at radius 3 is 2.31 bits per heavy atom. The number of fused-ring (bicyclic) bond motifs is 4. The van der Waals surface area contributed by atoms with Gasteiger partial charge in [-0.3, -0.25) is 19.3 Å². The highest BCUT2D eigenvalue weighted by atomic mass is 16.5. The van der Waals surface area contributed by atoms with Crippen LogP contribution >= 0.6 is 0 Å². The minimum atomic E-state index is -0.870. The Bertz CT molecular complexity index is 2170. The van der Waals surface area contributed by atoms with Crippen LogP contribution in [0.15, 0.2) is 108 Å². The molecule has 0 spiro atoms. The van der Waals surface area contributed by atoms with Crippen molar-refractivity contribution in [2.45, 2.75) is 43.6 Å². The number of hydrogen-bond acceptors (Lipinski definition) is 9. The van der Waals surface area contributed by atoms with Gasteiger partial charge in [0.1, 0.15) is 29.6 Å². The molecule has 0 unspecified atom stereocenters. The fourth-order valence-electron chi connectivity index (χ4n) is 8.04. The Morgan fingerprint density at radius 1 is 0.889 bits per heavy atom. The molecule has 5 heterocycles. The summed E-state index contributed by atoms with van der Waals surface area (Å²) in [6.07, 6.45) is 1.19. The van der Waals surface area contributed by atoms with E-state index in [-0.39, 0.29) is 48.9 Å². The van der Waals surface area contributed by atoms with Crippen LogP contribution in [0.4, 0.5) is 0 Å². The number of piperidine rings is 3. The molecule has 4 aliphatic rings. The van der Waals surface area contributed by atoms with Crippen LogP contribution in [-0.2, 0) is 28.1 Å². The number of aromatic hydroxyl groups is 1.